The molecule has 1 unspecified atom stereocenters. The second-order valence-corrected chi connectivity index (χ2v) is 3.60. The van der Waals surface area contributed by atoms with Gasteiger partial charge in [0.2, 0.25) is 0 Å². The van der Waals surface area contributed by atoms with Gasteiger partial charge in [0.05, 0.1) is 6.04 Å². The molecular formula is C9H15N3. The highest BCUT2D eigenvalue weighted by Gasteiger charge is 2.22. The van der Waals surface area contributed by atoms with E-state index < -0.39 is 0 Å². The van der Waals surface area contributed by atoms with Gasteiger partial charge in [-0.1, -0.05) is 12.8 Å². The van der Waals surface area contributed by atoms with Crippen LogP contribution in [0, 0.1) is 5.92 Å². The van der Waals surface area contributed by atoms with Gasteiger partial charge >= 0.3 is 0 Å². The van der Waals surface area contributed by atoms with Gasteiger partial charge in [0, 0.05) is 12.4 Å². The zero-order valence-electron chi connectivity index (χ0n) is 7.16. The first-order chi connectivity index (χ1) is 5.86. The molecule has 1 atom stereocenters. The number of H-pyrrole nitrogens is 1. The highest BCUT2D eigenvalue weighted by molar-refractivity contribution is 4.94. The van der Waals surface area contributed by atoms with Crippen molar-refractivity contribution in [2.45, 2.75) is 31.7 Å². The summed E-state index contributed by atoms with van der Waals surface area (Å²) < 4.78 is 0. The van der Waals surface area contributed by atoms with E-state index in [0.29, 0.717) is 0 Å². The van der Waals surface area contributed by atoms with Crippen LogP contribution in [0.3, 0.4) is 0 Å². The first-order valence-electron chi connectivity index (χ1n) is 4.61. The third-order valence-electron chi connectivity index (χ3n) is 2.45. The summed E-state index contributed by atoms with van der Waals surface area (Å²) in [4.78, 5) is 7.18. The van der Waals surface area contributed by atoms with E-state index in [1.54, 1.807) is 6.20 Å². The molecule has 0 bridgehead atoms. The van der Waals surface area contributed by atoms with Crippen molar-refractivity contribution in [1.29, 1.82) is 0 Å². The molecule has 0 aliphatic heterocycles. The van der Waals surface area contributed by atoms with Crippen molar-refractivity contribution in [2.75, 3.05) is 0 Å². The molecule has 0 aromatic carbocycles. The van der Waals surface area contributed by atoms with Crippen LogP contribution in [0.25, 0.3) is 0 Å². The molecule has 2 rings (SSSR count). The average molecular weight is 165 g/mol. The summed E-state index contributed by atoms with van der Waals surface area (Å²) >= 11 is 0. The molecule has 12 heavy (non-hydrogen) atoms. The van der Waals surface area contributed by atoms with Crippen molar-refractivity contribution < 1.29 is 0 Å². The van der Waals surface area contributed by atoms with Crippen LogP contribution in [-0.4, -0.2) is 9.97 Å². The molecule has 1 aromatic rings. The third-order valence-corrected chi connectivity index (χ3v) is 2.45. The van der Waals surface area contributed by atoms with Gasteiger partial charge in [-0.15, -0.1) is 0 Å². The molecule has 0 spiro atoms. The summed E-state index contributed by atoms with van der Waals surface area (Å²) in [5.41, 5.74) is 5.92. The number of aromatic nitrogens is 2. The number of hydrogen-bond acceptors (Lipinski definition) is 2. The quantitative estimate of drug-likeness (QED) is 0.712. The lowest BCUT2D eigenvalue weighted by Crippen LogP contribution is -2.11. The molecule has 66 valence electrons. The van der Waals surface area contributed by atoms with Crippen LogP contribution in [-0.2, 0) is 0 Å². The number of aromatic amines is 1. The Balaban J connectivity index is 1.79. The molecule has 1 heterocycles. The zero-order valence-corrected chi connectivity index (χ0v) is 7.16. The normalized spacial score (nSPS) is 19.4. The predicted octanol–water partition coefficient (Wildman–Crippen LogP) is 1.60. The Labute approximate surface area is 72.4 Å². The fourth-order valence-electron chi connectivity index (χ4n) is 1.44. The molecule has 1 fully saturated rings. The average Bonchev–Trinajstić information content (AvgIpc) is 2.74. The topological polar surface area (TPSA) is 54.7 Å². The SMILES string of the molecule is NC(CCC1CC1)c1ncc[nH]1. The fourth-order valence-corrected chi connectivity index (χ4v) is 1.44. The molecule has 0 saturated heterocycles. The van der Waals surface area contributed by atoms with Crippen LogP contribution >= 0.6 is 0 Å². The van der Waals surface area contributed by atoms with E-state index >= 15 is 0 Å². The molecule has 0 radical (unpaired) electrons. The van der Waals surface area contributed by atoms with Crippen molar-refractivity contribution in [3.8, 4) is 0 Å². The van der Waals surface area contributed by atoms with Crippen molar-refractivity contribution in [1.82, 2.24) is 9.97 Å². The van der Waals surface area contributed by atoms with Gasteiger partial charge in [-0.2, -0.15) is 0 Å². The van der Waals surface area contributed by atoms with Crippen LogP contribution in [0.5, 0.6) is 0 Å². The van der Waals surface area contributed by atoms with Gasteiger partial charge in [-0.3, -0.25) is 0 Å². The summed E-state index contributed by atoms with van der Waals surface area (Å²) in [6, 6.07) is 0.112. The fraction of sp³-hybridized carbons (Fsp3) is 0.667. The Morgan fingerprint density at radius 3 is 3.08 bits per heavy atom. The van der Waals surface area contributed by atoms with E-state index in [0.717, 1.165) is 18.2 Å². The maximum Gasteiger partial charge on any atom is 0.123 e. The Kier molecular flexibility index (Phi) is 2.13. The van der Waals surface area contributed by atoms with Crippen LogP contribution in [0.2, 0.25) is 0 Å². The van der Waals surface area contributed by atoms with E-state index in [2.05, 4.69) is 9.97 Å². The maximum atomic E-state index is 5.92. The summed E-state index contributed by atoms with van der Waals surface area (Å²) in [6.07, 6.45) is 8.73. The highest BCUT2D eigenvalue weighted by atomic mass is 14.9. The molecule has 3 heteroatoms. The smallest absolute Gasteiger partial charge is 0.123 e. The number of nitrogens with zero attached hydrogens (tertiary/aromatic N) is 1. The third kappa shape index (κ3) is 1.85. The maximum absolute atomic E-state index is 5.92. The first-order valence-corrected chi connectivity index (χ1v) is 4.61. The Morgan fingerprint density at radius 2 is 2.50 bits per heavy atom. The number of imidazole rings is 1. The van der Waals surface area contributed by atoms with E-state index in [-0.39, 0.29) is 6.04 Å². The van der Waals surface area contributed by atoms with Crippen LogP contribution < -0.4 is 5.73 Å². The summed E-state index contributed by atoms with van der Waals surface area (Å²) in [5.74, 6) is 1.89. The Hall–Kier alpha value is -0.830. The van der Waals surface area contributed by atoms with Crippen molar-refractivity contribution in [3.63, 3.8) is 0 Å². The molecule has 1 saturated carbocycles. The second-order valence-electron chi connectivity index (χ2n) is 3.60. The van der Waals surface area contributed by atoms with Gasteiger partial charge in [0.1, 0.15) is 5.82 Å². The number of rotatable bonds is 4. The predicted molar refractivity (Wildman–Crippen MR) is 47.5 cm³/mol. The molecule has 1 aliphatic carbocycles. The zero-order chi connectivity index (χ0) is 8.39. The number of nitrogens with one attached hydrogen (secondary N) is 1. The second kappa shape index (κ2) is 3.27. The minimum atomic E-state index is 0.112. The Morgan fingerprint density at radius 1 is 1.67 bits per heavy atom. The molecule has 3 N–H and O–H groups in total. The number of nitrogens with two attached hydrogens (primary N) is 1. The molecule has 1 aromatic heterocycles. The lowest BCUT2D eigenvalue weighted by atomic mass is 10.1. The van der Waals surface area contributed by atoms with Crippen LogP contribution in [0.4, 0.5) is 0 Å². The van der Waals surface area contributed by atoms with Crippen molar-refractivity contribution in [2.24, 2.45) is 11.7 Å². The Bertz CT molecular complexity index is 226. The van der Waals surface area contributed by atoms with E-state index in [4.69, 9.17) is 5.73 Å². The molecular weight excluding hydrogens is 150 g/mol. The van der Waals surface area contributed by atoms with Gasteiger partial charge < -0.3 is 10.7 Å². The lowest BCUT2D eigenvalue weighted by molar-refractivity contribution is 0.556. The van der Waals surface area contributed by atoms with Gasteiger partial charge in [0.15, 0.2) is 0 Å². The monoisotopic (exact) mass is 165 g/mol. The van der Waals surface area contributed by atoms with Crippen molar-refractivity contribution >= 4 is 0 Å². The summed E-state index contributed by atoms with van der Waals surface area (Å²) in [7, 11) is 0. The summed E-state index contributed by atoms with van der Waals surface area (Å²) in [5, 5.41) is 0. The van der Waals surface area contributed by atoms with E-state index in [1.165, 1.54) is 19.3 Å². The lowest BCUT2D eigenvalue weighted by Gasteiger charge is -2.06. The van der Waals surface area contributed by atoms with Crippen LogP contribution in [0.1, 0.15) is 37.5 Å². The molecule has 0 amide bonds. The van der Waals surface area contributed by atoms with Gasteiger partial charge in [0.25, 0.3) is 0 Å². The minimum absolute atomic E-state index is 0.112. The van der Waals surface area contributed by atoms with Crippen LogP contribution in [0.15, 0.2) is 12.4 Å². The minimum Gasteiger partial charge on any atom is -0.347 e. The summed E-state index contributed by atoms with van der Waals surface area (Å²) in [6.45, 7) is 0. The molecule has 1 aliphatic rings. The van der Waals surface area contributed by atoms with E-state index in [9.17, 15) is 0 Å². The van der Waals surface area contributed by atoms with E-state index in [1.807, 2.05) is 6.20 Å². The highest BCUT2D eigenvalue weighted by Crippen LogP contribution is 2.34. The number of hydrogen-bond donors (Lipinski definition) is 2. The van der Waals surface area contributed by atoms with Gasteiger partial charge in [-0.05, 0) is 18.8 Å². The molecule has 3 nitrogen and oxygen atoms in total. The largest absolute Gasteiger partial charge is 0.347 e. The first kappa shape index (κ1) is 7.80. The standard InChI is InChI=1S/C9H15N3/c10-8(4-3-7-1-2-7)9-11-5-6-12-9/h5-8H,1-4,10H2,(H,11,12). The van der Waals surface area contributed by atoms with Gasteiger partial charge in [-0.25, -0.2) is 4.98 Å². The van der Waals surface area contributed by atoms with Crippen molar-refractivity contribution in [3.05, 3.63) is 18.2 Å².